The van der Waals surface area contributed by atoms with E-state index in [0.29, 0.717) is 17.7 Å². The van der Waals surface area contributed by atoms with Gasteiger partial charge in [0.1, 0.15) is 0 Å². The van der Waals surface area contributed by atoms with Crippen molar-refractivity contribution in [3.05, 3.63) is 33.9 Å². The van der Waals surface area contributed by atoms with Gasteiger partial charge in [-0.3, -0.25) is 10.1 Å². The second-order valence-electron chi connectivity index (χ2n) is 4.60. The molecule has 1 N–H and O–H groups in total. The fourth-order valence-corrected chi connectivity index (χ4v) is 2.25. The van der Waals surface area contributed by atoms with Crippen molar-refractivity contribution >= 4 is 11.4 Å². The molecule has 0 atom stereocenters. The number of nitrogens with one attached hydrogen (secondary N) is 1. The zero-order chi connectivity index (χ0) is 13.1. The number of nitro benzene ring substituents is 1. The van der Waals surface area contributed by atoms with E-state index in [-0.39, 0.29) is 10.6 Å². The van der Waals surface area contributed by atoms with E-state index in [9.17, 15) is 10.1 Å². The first-order chi connectivity index (χ1) is 8.61. The predicted octanol–water partition coefficient (Wildman–Crippen LogP) is 2.88. The van der Waals surface area contributed by atoms with Crippen molar-refractivity contribution in [3.8, 4) is 0 Å². The largest absolute Gasteiger partial charge is 0.382 e. The molecule has 5 nitrogen and oxygen atoms in total. The molecule has 0 radical (unpaired) electrons. The van der Waals surface area contributed by atoms with E-state index in [0.717, 1.165) is 25.1 Å². The van der Waals surface area contributed by atoms with Gasteiger partial charge in [-0.25, -0.2) is 0 Å². The van der Waals surface area contributed by atoms with Gasteiger partial charge in [-0.15, -0.1) is 0 Å². The van der Waals surface area contributed by atoms with E-state index >= 15 is 0 Å². The molecule has 98 valence electrons. The van der Waals surface area contributed by atoms with Crippen LogP contribution in [0.15, 0.2) is 18.2 Å². The van der Waals surface area contributed by atoms with E-state index in [1.54, 1.807) is 13.0 Å². The summed E-state index contributed by atoms with van der Waals surface area (Å²) >= 11 is 0. The number of nitrogens with zero attached hydrogens (tertiary/aromatic N) is 1. The SMILES string of the molecule is CCOC1CC(Nc2cccc([N+](=O)[O-])c2C)C1. The first-order valence-electron chi connectivity index (χ1n) is 6.24. The van der Waals surface area contributed by atoms with Crippen molar-refractivity contribution in [2.75, 3.05) is 11.9 Å². The van der Waals surface area contributed by atoms with E-state index in [1.165, 1.54) is 6.07 Å². The van der Waals surface area contributed by atoms with Crippen LogP contribution in [0, 0.1) is 17.0 Å². The summed E-state index contributed by atoms with van der Waals surface area (Å²) < 4.78 is 5.49. The van der Waals surface area contributed by atoms with E-state index in [2.05, 4.69) is 5.32 Å². The zero-order valence-electron chi connectivity index (χ0n) is 10.7. The molecule has 0 aliphatic heterocycles. The third-order valence-electron chi connectivity index (χ3n) is 3.36. The standard InChI is InChI=1S/C13H18N2O3/c1-3-18-11-7-10(8-11)14-12-5-4-6-13(9(12)2)15(16)17/h4-6,10-11,14H,3,7-8H2,1-2H3. The Labute approximate surface area is 106 Å². The molecule has 0 saturated heterocycles. The minimum atomic E-state index is -0.343. The number of anilines is 1. The van der Waals surface area contributed by atoms with Crippen LogP contribution < -0.4 is 5.32 Å². The molecule has 1 aliphatic rings. The van der Waals surface area contributed by atoms with Gasteiger partial charge in [0.15, 0.2) is 0 Å². The van der Waals surface area contributed by atoms with Crippen LogP contribution in [0.1, 0.15) is 25.3 Å². The monoisotopic (exact) mass is 250 g/mol. The molecule has 0 aromatic heterocycles. The Morgan fingerprint density at radius 3 is 2.83 bits per heavy atom. The lowest BCUT2D eigenvalue weighted by Gasteiger charge is -2.36. The summed E-state index contributed by atoms with van der Waals surface area (Å²) in [4.78, 5) is 10.5. The number of hydrogen-bond donors (Lipinski definition) is 1. The molecule has 0 spiro atoms. The number of nitro groups is 1. The van der Waals surface area contributed by atoms with Crippen LogP contribution in [0.4, 0.5) is 11.4 Å². The molecule has 0 amide bonds. The molecular weight excluding hydrogens is 232 g/mol. The summed E-state index contributed by atoms with van der Waals surface area (Å²) in [5, 5.41) is 14.2. The van der Waals surface area contributed by atoms with Crippen molar-refractivity contribution < 1.29 is 9.66 Å². The lowest BCUT2D eigenvalue weighted by atomic mass is 9.89. The quantitative estimate of drug-likeness (QED) is 0.644. The number of ether oxygens (including phenoxy) is 1. The topological polar surface area (TPSA) is 64.4 Å². The van der Waals surface area contributed by atoms with Gasteiger partial charge in [-0.05, 0) is 32.8 Å². The Bertz CT molecular complexity index is 442. The van der Waals surface area contributed by atoms with Crippen LogP contribution in [-0.4, -0.2) is 23.7 Å². The normalized spacial score (nSPS) is 22.3. The van der Waals surface area contributed by atoms with Gasteiger partial charge in [-0.2, -0.15) is 0 Å². The van der Waals surface area contributed by atoms with Crippen LogP contribution in [0.3, 0.4) is 0 Å². The summed E-state index contributed by atoms with van der Waals surface area (Å²) in [5.74, 6) is 0. The number of hydrogen-bond acceptors (Lipinski definition) is 4. The molecule has 5 heteroatoms. The minimum Gasteiger partial charge on any atom is -0.382 e. The molecule has 1 saturated carbocycles. The summed E-state index contributed by atoms with van der Waals surface area (Å²) in [6.45, 7) is 4.51. The summed E-state index contributed by atoms with van der Waals surface area (Å²) in [6.07, 6.45) is 2.28. The summed E-state index contributed by atoms with van der Waals surface area (Å²) in [6, 6.07) is 5.49. The summed E-state index contributed by atoms with van der Waals surface area (Å²) in [7, 11) is 0. The maximum Gasteiger partial charge on any atom is 0.274 e. The van der Waals surface area contributed by atoms with Gasteiger partial charge in [0.05, 0.1) is 11.0 Å². The maximum atomic E-state index is 10.8. The molecule has 0 heterocycles. The lowest BCUT2D eigenvalue weighted by molar-refractivity contribution is -0.385. The average molecular weight is 250 g/mol. The van der Waals surface area contributed by atoms with Gasteiger partial charge in [0, 0.05) is 30.0 Å². The van der Waals surface area contributed by atoms with Gasteiger partial charge < -0.3 is 10.1 Å². The molecule has 1 aromatic rings. The highest BCUT2D eigenvalue weighted by Crippen LogP contribution is 2.30. The Balaban J connectivity index is 1.99. The molecule has 1 aromatic carbocycles. The third-order valence-corrected chi connectivity index (χ3v) is 3.36. The highest BCUT2D eigenvalue weighted by atomic mass is 16.6. The molecule has 0 unspecified atom stereocenters. The second kappa shape index (κ2) is 5.35. The van der Waals surface area contributed by atoms with Crippen LogP contribution >= 0.6 is 0 Å². The molecule has 18 heavy (non-hydrogen) atoms. The fourth-order valence-electron chi connectivity index (χ4n) is 2.25. The molecule has 1 fully saturated rings. The Morgan fingerprint density at radius 1 is 1.50 bits per heavy atom. The van der Waals surface area contributed by atoms with Gasteiger partial charge >= 0.3 is 0 Å². The number of rotatable bonds is 5. The zero-order valence-corrected chi connectivity index (χ0v) is 10.7. The van der Waals surface area contributed by atoms with E-state index in [1.807, 2.05) is 13.0 Å². The summed E-state index contributed by atoms with van der Waals surface area (Å²) in [5.41, 5.74) is 1.71. The fraction of sp³-hybridized carbons (Fsp3) is 0.538. The molecule has 2 rings (SSSR count). The molecular formula is C13H18N2O3. The predicted molar refractivity (Wildman–Crippen MR) is 69.9 cm³/mol. The first kappa shape index (κ1) is 12.8. The number of benzene rings is 1. The van der Waals surface area contributed by atoms with Crippen molar-refractivity contribution in [3.63, 3.8) is 0 Å². The highest BCUT2D eigenvalue weighted by molar-refractivity contribution is 5.60. The Hall–Kier alpha value is -1.62. The lowest BCUT2D eigenvalue weighted by Crippen LogP contribution is -2.40. The third kappa shape index (κ3) is 2.61. The molecule has 1 aliphatic carbocycles. The Morgan fingerprint density at radius 2 is 2.22 bits per heavy atom. The van der Waals surface area contributed by atoms with E-state index in [4.69, 9.17) is 4.74 Å². The average Bonchev–Trinajstić information content (AvgIpc) is 2.28. The smallest absolute Gasteiger partial charge is 0.274 e. The van der Waals surface area contributed by atoms with Gasteiger partial charge in [-0.1, -0.05) is 6.07 Å². The van der Waals surface area contributed by atoms with Crippen LogP contribution in [0.25, 0.3) is 0 Å². The van der Waals surface area contributed by atoms with Crippen molar-refractivity contribution in [2.24, 2.45) is 0 Å². The molecule has 0 bridgehead atoms. The van der Waals surface area contributed by atoms with E-state index < -0.39 is 0 Å². The van der Waals surface area contributed by atoms with Crippen molar-refractivity contribution in [1.29, 1.82) is 0 Å². The van der Waals surface area contributed by atoms with Gasteiger partial charge in [0.25, 0.3) is 5.69 Å². The van der Waals surface area contributed by atoms with Crippen molar-refractivity contribution in [1.82, 2.24) is 0 Å². The maximum absolute atomic E-state index is 10.8. The first-order valence-corrected chi connectivity index (χ1v) is 6.24. The Kier molecular flexibility index (Phi) is 3.81. The second-order valence-corrected chi connectivity index (χ2v) is 4.60. The minimum absolute atomic E-state index is 0.167. The highest BCUT2D eigenvalue weighted by Gasteiger charge is 2.30. The van der Waals surface area contributed by atoms with Crippen LogP contribution in [0.5, 0.6) is 0 Å². The van der Waals surface area contributed by atoms with Crippen LogP contribution in [-0.2, 0) is 4.74 Å². The van der Waals surface area contributed by atoms with Crippen LogP contribution in [0.2, 0.25) is 0 Å². The van der Waals surface area contributed by atoms with Crippen molar-refractivity contribution in [2.45, 2.75) is 38.8 Å². The van der Waals surface area contributed by atoms with Gasteiger partial charge in [0.2, 0.25) is 0 Å².